The first kappa shape index (κ1) is 9.90. The lowest BCUT2D eigenvalue weighted by atomic mass is 10.1. The van der Waals surface area contributed by atoms with E-state index in [9.17, 15) is 9.18 Å². The lowest BCUT2D eigenvalue weighted by Crippen LogP contribution is -1.91. The normalized spacial score (nSPS) is 10.0. The summed E-state index contributed by atoms with van der Waals surface area (Å²) in [7, 11) is 0. The van der Waals surface area contributed by atoms with Crippen LogP contribution in [-0.4, -0.2) is 6.04 Å². The molecule has 0 saturated heterocycles. The standard InChI is InChI=1S/C11H13FO/c1-2-3-4-9-5-7-10(8-6-9)11(12)13/h5-8H,2-4H2,1H3. The van der Waals surface area contributed by atoms with Gasteiger partial charge >= 0.3 is 6.04 Å². The van der Waals surface area contributed by atoms with Crippen molar-refractivity contribution in [3.8, 4) is 0 Å². The molecule has 0 heterocycles. The molecule has 0 bridgehead atoms. The largest absolute Gasteiger partial charge is 0.332 e. The first-order valence-corrected chi connectivity index (χ1v) is 4.53. The molecule has 0 amide bonds. The van der Waals surface area contributed by atoms with Crippen LogP contribution in [0.3, 0.4) is 0 Å². The Balaban J connectivity index is 2.64. The lowest BCUT2D eigenvalue weighted by molar-refractivity contribution is 0.0836. The van der Waals surface area contributed by atoms with Crippen LogP contribution in [0.1, 0.15) is 35.7 Å². The maximum atomic E-state index is 12.2. The maximum Gasteiger partial charge on any atom is 0.332 e. The van der Waals surface area contributed by atoms with Gasteiger partial charge in [-0.1, -0.05) is 25.5 Å². The third kappa shape index (κ3) is 2.98. The van der Waals surface area contributed by atoms with Gasteiger partial charge in [0.05, 0.1) is 5.56 Å². The average molecular weight is 180 g/mol. The van der Waals surface area contributed by atoms with Crippen LogP contribution in [0.25, 0.3) is 0 Å². The van der Waals surface area contributed by atoms with Crippen LogP contribution in [0.15, 0.2) is 24.3 Å². The predicted octanol–water partition coefficient (Wildman–Crippen LogP) is 3.14. The number of benzene rings is 1. The summed E-state index contributed by atoms with van der Waals surface area (Å²) in [4.78, 5) is 10.3. The van der Waals surface area contributed by atoms with Crippen LogP contribution in [0, 0.1) is 0 Å². The third-order valence-electron chi connectivity index (χ3n) is 2.00. The Hall–Kier alpha value is -1.18. The molecule has 1 aromatic rings. The van der Waals surface area contributed by atoms with Crippen LogP contribution in [0.5, 0.6) is 0 Å². The van der Waals surface area contributed by atoms with Crippen molar-refractivity contribution in [3.63, 3.8) is 0 Å². The molecule has 2 heteroatoms. The molecule has 0 radical (unpaired) electrons. The molecule has 1 nitrogen and oxygen atoms in total. The minimum absolute atomic E-state index is 0.139. The van der Waals surface area contributed by atoms with E-state index in [1.165, 1.54) is 12.1 Å². The van der Waals surface area contributed by atoms with Gasteiger partial charge in [-0.3, -0.25) is 4.79 Å². The zero-order valence-corrected chi connectivity index (χ0v) is 7.72. The van der Waals surface area contributed by atoms with Gasteiger partial charge in [0.2, 0.25) is 0 Å². The third-order valence-corrected chi connectivity index (χ3v) is 2.00. The maximum absolute atomic E-state index is 12.2. The number of carbonyl (C=O) groups excluding carboxylic acids is 1. The van der Waals surface area contributed by atoms with Crippen LogP contribution < -0.4 is 0 Å². The van der Waals surface area contributed by atoms with E-state index >= 15 is 0 Å². The van der Waals surface area contributed by atoms with Crippen molar-refractivity contribution in [2.75, 3.05) is 0 Å². The first-order valence-electron chi connectivity index (χ1n) is 4.53. The van der Waals surface area contributed by atoms with Gasteiger partial charge in [-0.05, 0) is 30.5 Å². The summed E-state index contributed by atoms with van der Waals surface area (Å²) in [5.41, 5.74) is 1.30. The molecule has 0 aliphatic carbocycles. The highest BCUT2D eigenvalue weighted by Crippen LogP contribution is 2.08. The highest BCUT2D eigenvalue weighted by Gasteiger charge is 2.01. The number of hydrogen-bond acceptors (Lipinski definition) is 1. The highest BCUT2D eigenvalue weighted by molar-refractivity contribution is 5.88. The van der Waals surface area contributed by atoms with Crippen molar-refractivity contribution in [1.82, 2.24) is 0 Å². The second-order valence-corrected chi connectivity index (χ2v) is 3.07. The molecule has 70 valence electrons. The molecular weight excluding hydrogens is 167 g/mol. The Morgan fingerprint density at radius 2 is 1.92 bits per heavy atom. The number of halogens is 1. The molecular formula is C11H13FO. The van der Waals surface area contributed by atoms with Gasteiger partial charge in [-0.15, -0.1) is 0 Å². The first-order chi connectivity index (χ1) is 6.24. The van der Waals surface area contributed by atoms with E-state index in [0.29, 0.717) is 0 Å². The lowest BCUT2D eigenvalue weighted by Gasteiger charge is -1.99. The number of hydrogen-bond donors (Lipinski definition) is 0. The molecule has 0 fully saturated rings. The molecule has 0 aliphatic rings. The fraction of sp³-hybridized carbons (Fsp3) is 0.364. The molecule has 0 N–H and O–H groups in total. The van der Waals surface area contributed by atoms with Crippen molar-refractivity contribution >= 4 is 6.04 Å². The van der Waals surface area contributed by atoms with E-state index < -0.39 is 6.04 Å². The fourth-order valence-corrected chi connectivity index (χ4v) is 1.18. The quantitative estimate of drug-likeness (QED) is 0.650. The molecule has 0 unspecified atom stereocenters. The zero-order valence-electron chi connectivity index (χ0n) is 7.72. The van der Waals surface area contributed by atoms with Crippen molar-refractivity contribution in [2.45, 2.75) is 26.2 Å². The summed E-state index contributed by atoms with van der Waals surface area (Å²) in [5, 5.41) is 0. The van der Waals surface area contributed by atoms with E-state index in [1.807, 2.05) is 12.1 Å². The summed E-state index contributed by atoms with van der Waals surface area (Å²) in [5.74, 6) is 0. The smallest absolute Gasteiger partial charge is 0.255 e. The van der Waals surface area contributed by atoms with Gasteiger partial charge in [0.25, 0.3) is 0 Å². The summed E-state index contributed by atoms with van der Waals surface area (Å²) in [6.07, 6.45) is 3.27. The fourth-order valence-electron chi connectivity index (χ4n) is 1.18. The average Bonchev–Trinajstić information content (AvgIpc) is 2.15. The molecule has 0 atom stereocenters. The Morgan fingerprint density at radius 3 is 2.38 bits per heavy atom. The van der Waals surface area contributed by atoms with Gasteiger partial charge < -0.3 is 0 Å². The summed E-state index contributed by atoms with van der Waals surface area (Å²) < 4.78 is 12.2. The molecule has 1 rings (SSSR count). The van der Waals surface area contributed by atoms with E-state index in [-0.39, 0.29) is 5.56 Å². The Kier molecular flexibility index (Phi) is 3.62. The zero-order chi connectivity index (χ0) is 9.68. The summed E-state index contributed by atoms with van der Waals surface area (Å²) in [6.45, 7) is 2.12. The SMILES string of the molecule is CCCCc1ccc(C(=O)F)cc1. The van der Waals surface area contributed by atoms with Crippen molar-refractivity contribution in [3.05, 3.63) is 35.4 Å². The summed E-state index contributed by atoms with van der Waals surface area (Å²) >= 11 is 0. The summed E-state index contributed by atoms with van der Waals surface area (Å²) in [6, 6.07) is 5.33. The molecule has 0 saturated carbocycles. The minimum atomic E-state index is -1.36. The second kappa shape index (κ2) is 4.75. The molecule has 1 aromatic carbocycles. The molecule has 0 aromatic heterocycles. The van der Waals surface area contributed by atoms with Crippen molar-refractivity contribution in [1.29, 1.82) is 0 Å². The van der Waals surface area contributed by atoms with Crippen molar-refractivity contribution < 1.29 is 9.18 Å². The highest BCUT2D eigenvalue weighted by atomic mass is 19.1. The second-order valence-electron chi connectivity index (χ2n) is 3.07. The monoisotopic (exact) mass is 180 g/mol. The van der Waals surface area contributed by atoms with E-state index in [4.69, 9.17) is 0 Å². The minimum Gasteiger partial charge on any atom is -0.255 e. The molecule has 0 aliphatic heterocycles. The van der Waals surface area contributed by atoms with Crippen LogP contribution in [0.2, 0.25) is 0 Å². The topological polar surface area (TPSA) is 17.1 Å². The predicted molar refractivity (Wildman–Crippen MR) is 50.5 cm³/mol. The van der Waals surface area contributed by atoms with Crippen molar-refractivity contribution in [2.24, 2.45) is 0 Å². The number of aryl methyl sites for hydroxylation is 1. The van der Waals surface area contributed by atoms with Gasteiger partial charge in [0.15, 0.2) is 0 Å². The Bertz CT molecular complexity index is 277. The van der Waals surface area contributed by atoms with Gasteiger partial charge in [0.1, 0.15) is 0 Å². The molecule has 0 spiro atoms. The van der Waals surface area contributed by atoms with Crippen LogP contribution >= 0.6 is 0 Å². The van der Waals surface area contributed by atoms with E-state index in [1.54, 1.807) is 0 Å². The van der Waals surface area contributed by atoms with Crippen LogP contribution in [-0.2, 0) is 6.42 Å². The number of rotatable bonds is 4. The molecule has 13 heavy (non-hydrogen) atoms. The number of carbonyl (C=O) groups is 1. The Morgan fingerprint density at radius 1 is 1.31 bits per heavy atom. The Labute approximate surface area is 77.6 Å². The number of unbranched alkanes of at least 4 members (excludes halogenated alkanes) is 1. The van der Waals surface area contributed by atoms with E-state index in [0.717, 1.165) is 24.8 Å². The van der Waals surface area contributed by atoms with E-state index in [2.05, 4.69) is 6.92 Å². The van der Waals surface area contributed by atoms with Crippen LogP contribution in [0.4, 0.5) is 4.39 Å². The van der Waals surface area contributed by atoms with Gasteiger partial charge in [0, 0.05) is 0 Å². The van der Waals surface area contributed by atoms with Gasteiger partial charge in [-0.2, -0.15) is 4.39 Å². The van der Waals surface area contributed by atoms with Gasteiger partial charge in [-0.25, -0.2) is 0 Å².